The van der Waals surface area contributed by atoms with Crippen LogP contribution in [0, 0.1) is 0 Å². The first kappa shape index (κ1) is 19.4. The lowest BCUT2D eigenvalue weighted by molar-refractivity contribution is 0.0136. The average molecular weight is 359 g/mol. The molecule has 0 spiro atoms. The van der Waals surface area contributed by atoms with Gasteiger partial charge in [0.2, 0.25) is 0 Å². The number of ether oxygens (including phenoxy) is 1. The Balaban J connectivity index is 1.72. The Kier molecular flexibility index (Phi) is 7.13. The van der Waals surface area contributed by atoms with Gasteiger partial charge >= 0.3 is 12.1 Å². The Hall–Kier alpha value is -2.90. The van der Waals surface area contributed by atoms with Gasteiger partial charge in [-0.15, -0.1) is 0 Å². The summed E-state index contributed by atoms with van der Waals surface area (Å²) in [6, 6.07) is 14.8. The number of hydrogen-bond acceptors (Lipinski definition) is 5. The van der Waals surface area contributed by atoms with Gasteiger partial charge in [0.1, 0.15) is 12.7 Å². The number of rotatable bonds is 8. The van der Waals surface area contributed by atoms with Crippen LogP contribution in [0.15, 0.2) is 54.6 Å². The zero-order valence-corrected chi connectivity index (χ0v) is 14.0. The molecule has 0 aromatic heterocycles. The van der Waals surface area contributed by atoms with Crippen LogP contribution in [-0.4, -0.2) is 40.0 Å². The molecule has 0 saturated heterocycles. The topological polar surface area (TPSA) is 116 Å². The van der Waals surface area contributed by atoms with Crippen LogP contribution in [-0.2, 0) is 11.3 Å². The van der Waals surface area contributed by atoms with Crippen LogP contribution in [0.1, 0.15) is 34.0 Å². The van der Waals surface area contributed by atoms with Crippen LogP contribution in [0.4, 0.5) is 4.79 Å². The van der Waals surface area contributed by atoms with E-state index < -0.39 is 24.3 Å². The molecule has 2 aromatic rings. The molecule has 0 aliphatic rings. The van der Waals surface area contributed by atoms with Crippen LogP contribution < -0.4 is 5.32 Å². The molecule has 0 bridgehead atoms. The smallest absolute Gasteiger partial charge is 0.407 e. The van der Waals surface area contributed by atoms with Gasteiger partial charge in [-0.05, 0) is 29.7 Å². The zero-order chi connectivity index (χ0) is 18.9. The molecule has 0 radical (unpaired) electrons. The van der Waals surface area contributed by atoms with Crippen molar-refractivity contribution in [1.82, 2.24) is 5.32 Å². The van der Waals surface area contributed by atoms with Crippen LogP contribution in [0.5, 0.6) is 0 Å². The van der Waals surface area contributed by atoms with Gasteiger partial charge in [0.05, 0.1) is 11.7 Å². The van der Waals surface area contributed by atoms with Gasteiger partial charge in [-0.25, -0.2) is 9.59 Å². The molecule has 138 valence electrons. The summed E-state index contributed by atoms with van der Waals surface area (Å²) in [5.74, 6) is -1.06. The van der Waals surface area contributed by atoms with E-state index in [1.807, 2.05) is 30.3 Å². The van der Waals surface area contributed by atoms with Gasteiger partial charge in [0.25, 0.3) is 0 Å². The SMILES string of the molecule is O=C(NCCC(O)C(O)c1ccc(C(=O)O)cc1)OCc1ccccc1. The van der Waals surface area contributed by atoms with Gasteiger partial charge in [-0.2, -0.15) is 0 Å². The molecule has 1 amide bonds. The van der Waals surface area contributed by atoms with Crippen molar-refractivity contribution in [3.05, 3.63) is 71.3 Å². The van der Waals surface area contributed by atoms with Crippen molar-refractivity contribution in [3.63, 3.8) is 0 Å². The van der Waals surface area contributed by atoms with E-state index in [0.717, 1.165) is 5.56 Å². The molecule has 2 atom stereocenters. The molecule has 2 rings (SSSR count). The summed E-state index contributed by atoms with van der Waals surface area (Å²) >= 11 is 0. The number of carbonyl (C=O) groups excluding carboxylic acids is 1. The van der Waals surface area contributed by atoms with Gasteiger partial charge in [-0.3, -0.25) is 0 Å². The number of alkyl carbamates (subject to hydrolysis) is 1. The second kappa shape index (κ2) is 9.55. The highest BCUT2D eigenvalue weighted by molar-refractivity contribution is 5.87. The van der Waals surface area contributed by atoms with Crippen molar-refractivity contribution < 1.29 is 29.6 Å². The summed E-state index contributed by atoms with van der Waals surface area (Å²) in [6.07, 6.45) is -2.79. The van der Waals surface area contributed by atoms with Crippen LogP contribution in [0.25, 0.3) is 0 Å². The van der Waals surface area contributed by atoms with Crippen molar-refractivity contribution in [2.75, 3.05) is 6.54 Å². The Morgan fingerprint density at radius 3 is 2.27 bits per heavy atom. The molecule has 26 heavy (non-hydrogen) atoms. The minimum atomic E-state index is -1.18. The van der Waals surface area contributed by atoms with E-state index >= 15 is 0 Å². The summed E-state index contributed by atoms with van der Waals surface area (Å²) in [7, 11) is 0. The molecule has 0 aliphatic heterocycles. The minimum Gasteiger partial charge on any atom is -0.478 e. The third-order valence-electron chi connectivity index (χ3n) is 3.79. The Morgan fingerprint density at radius 2 is 1.65 bits per heavy atom. The van der Waals surface area contributed by atoms with Crippen molar-refractivity contribution >= 4 is 12.1 Å². The molecule has 2 aromatic carbocycles. The highest BCUT2D eigenvalue weighted by Crippen LogP contribution is 2.19. The predicted octanol–water partition coefficient (Wildman–Crippen LogP) is 2.10. The lowest BCUT2D eigenvalue weighted by atomic mass is 10.0. The molecule has 0 fully saturated rings. The van der Waals surface area contributed by atoms with Crippen molar-refractivity contribution in [2.45, 2.75) is 25.2 Å². The third kappa shape index (κ3) is 5.87. The van der Waals surface area contributed by atoms with Gasteiger partial charge in [-0.1, -0.05) is 42.5 Å². The van der Waals surface area contributed by atoms with E-state index in [1.165, 1.54) is 24.3 Å². The first-order chi connectivity index (χ1) is 12.5. The van der Waals surface area contributed by atoms with Crippen LogP contribution in [0.2, 0.25) is 0 Å². The molecular weight excluding hydrogens is 338 g/mol. The van der Waals surface area contributed by atoms with Crippen molar-refractivity contribution in [1.29, 1.82) is 0 Å². The highest BCUT2D eigenvalue weighted by atomic mass is 16.5. The van der Waals surface area contributed by atoms with Crippen molar-refractivity contribution in [3.8, 4) is 0 Å². The monoisotopic (exact) mass is 359 g/mol. The van der Waals surface area contributed by atoms with E-state index in [2.05, 4.69) is 5.32 Å². The maximum absolute atomic E-state index is 11.6. The van der Waals surface area contributed by atoms with Gasteiger partial charge in [0.15, 0.2) is 0 Å². The molecule has 7 nitrogen and oxygen atoms in total. The Morgan fingerprint density at radius 1 is 1.00 bits per heavy atom. The number of nitrogens with one attached hydrogen (secondary N) is 1. The first-order valence-corrected chi connectivity index (χ1v) is 8.11. The molecule has 4 N–H and O–H groups in total. The van der Waals surface area contributed by atoms with E-state index in [9.17, 15) is 19.8 Å². The highest BCUT2D eigenvalue weighted by Gasteiger charge is 2.19. The van der Waals surface area contributed by atoms with E-state index in [0.29, 0.717) is 5.56 Å². The average Bonchev–Trinajstić information content (AvgIpc) is 2.66. The fraction of sp³-hybridized carbons (Fsp3) is 0.263. The van der Waals surface area contributed by atoms with E-state index in [4.69, 9.17) is 9.84 Å². The second-order valence-corrected chi connectivity index (χ2v) is 5.72. The Labute approximate surface area is 150 Å². The largest absolute Gasteiger partial charge is 0.478 e. The number of amides is 1. The Bertz CT molecular complexity index is 717. The first-order valence-electron chi connectivity index (χ1n) is 8.11. The summed E-state index contributed by atoms with van der Waals surface area (Å²) < 4.78 is 5.04. The molecule has 0 aliphatic carbocycles. The lowest BCUT2D eigenvalue weighted by Gasteiger charge is -2.18. The maximum atomic E-state index is 11.6. The fourth-order valence-electron chi connectivity index (χ4n) is 2.30. The van der Waals surface area contributed by atoms with Crippen LogP contribution in [0.3, 0.4) is 0 Å². The molecular formula is C19H21NO6. The zero-order valence-electron chi connectivity index (χ0n) is 14.0. The normalized spacial score (nSPS) is 12.8. The standard InChI is InChI=1S/C19H21NO6/c21-16(17(22)14-6-8-15(9-7-14)18(23)24)10-11-20-19(25)26-12-13-4-2-1-3-5-13/h1-9,16-17,21-22H,10-12H2,(H,20,25)(H,23,24). The second-order valence-electron chi connectivity index (χ2n) is 5.72. The van der Waals surface area contributed by atoms with Gasteiger partial charge in [0, 0.05) is 6.54 Å². The van der Waals surface area contributed by atoms with E-state index in [1.54, 1.807) is 0 Å². The number of benzene rings is 2. The lowest BCUT2D eigenvalue weighted by Crippen LogP contribution is -2.29. The van der Waals surface area contributed by atoms with Gasteiger partial charge < -0.3 is 25.4 Å². The number of aliphatic hydroxyl groups excluding tert-OH is 2. The number of carbonyl (C=O) groups is 2. The number of aliphatic hydroxyl groups is 2. The molecule has 0 heterocycles. The predicted molar refractivity (Wildman–Crippen MR) is 93.6 cm³/mol. The molecule has 0 saturated carbocycles. The third-order valence-corrected chi connectivity index (χ3v) is 3.79. The molecule has 7 heteroatoms. The van der Waals surface area contributed by atoms with E-state index in [-0.39, 0.29) is 25.1 Å². The maximum Gasteiger partial charge on any atom is 0.407 e. The minimum absolute atomic E-state index is 0.0956. The quantitative estimate of drug-likeness (QED) is 0.574. The summed E-state index contributed by atoms with van der Waals surface area (Å²) in [5, 5.41) is 31.5. The van der Waals surface area contributed by atoms with Crippen LogP contribution >= 0.6 is 0 Å². The summed E-state index contributed by atoms with van der Waals surface area (Å²) in [5.41, 5.74) is 1.36. The number of hydrogen-bond donors (Lipinski definition) is 4. The fourth-order valence-corrected chi connectivity index (χ4v) is 2.30. The number of carboxylic acid groups (broad SMARTS) is 1. The number of carboxylic acids is 1. The van der Waals surface area contributed by atoms with Crippen molar-refractivity contribution in [2.24, 2.45) is 0 Å². The molecule has 2 unspecified atom stereocenters. The summed E-state index contributed by atoms with van der Waals surface area (Å²) in [6.45, 7) is 0.271. The summed E-state index contributed by atoms with van der Waals surface area (Å²) in [4.78, 5) is 22.4. The number of aromatic carboxylic acids is 1.